The Bertz CT molecular complexity index is 428. The zero-order valence-corrected chi connectivity index (χ0v) is 10.4. The zero-order chi connectivity index (χ0) is 13.1. The molecule has 0 radical (unpaired) electrons. The van der Waals surface area contributed by atoms with Crippen LogP contribution in [-0.4, -0.2) is 32.7 Å². The predicted octanol–water partition coefficient (Wildman–Crippen LogP) is 1.04. The van der Waals surface area contributed by atoms with Gasteiger partial charge in [-0.15, -0.1) is 0 Å². The molecule has 0 aromatic heterocycles. The molecule has 0 aliphatic carbocycles. The number of carbonyl (C=O) groups excluding carboxylic acids is 1. The molecule has 0 amide bonds. The summed E-state index contributed by atoms with van der Waals surface area (Å²) in [5, 5.41) is 9.17. The lowest BCUT2D eigenvalue weighted by Gasteiger charge is -2.25. The summed E-state index contributed by atoms with van der Waals surface area (Å²) in [4.78, 5) is 11.7. The molecule has 0 heterocycles. The summed E-state index contributed by atoms with van der Waals surface area (Å²) in [5.74, 6) is -0.790. The first-order valence-corrected chi connectivity index (χ1v) is 6.13. The molecule has 6 heteroatoms. The van der Waals surface area contributed by atoms with E-state index in [1.807, 2.05) is 0 Å². The van der Waals surface area contributed by atoms with Crippen LogP contribution in [0.3, 0.4) is 0 Å². The number of ether oxygens (including phenoxy) is 1. The van der Waals surface area contributed by atoms with E-state index in [4.69, 9.17) is 4.55 Å². The first kappa shape index (κ1) is 13.7. The highest BCUT2D eigenvalue weighted by atomic mass is 32.2. The van der Waals surface area contributed by atoms with Crippen LogP contribution in [0.1, 0.15) is 12.5 Å². The van der Waals surface area contributed by atoms with Gasteiger partial charge in [-0.25, -0.2) is 4.21 Å². The van der Waals surface area contributed by atoms with E-state index >= 15 is 0 Å². The molecule has 0 saturated heterocycles. The summed E-state index contributed by atoms with van der Waals surface area (Å²) < 4.78 is 24.5. The van der Waals surface area contributed by atoms with Crippen LogP contribution in [-0.2, 0) is 26.0 Å². The standard InChI is InChI=1S/C11H14O5S/c1-11(7-17(14)15,10(13)16-2)8-3-5-9(12)6-4-8/h3-6,12H,7H2,1-2H3,(H,14,15). The Hall–Kier alpha value is -1.40. The first-order chi connectivity index (χ1) is 7.90. The lowest BCUT2D eigenvalue weighted by atomic mass is 9.84. The summed E-state index contributed by atoms with van der Waals surface area (Å²) in [6.45, 7) is 1.53. The molecule has 94 valence electrons. The second kappa shape index (κ2) is 5.29. The molecule has 1 aromatic carbocycles. The number of esters is 1. The number of hydrogen-bond acceptors (Lipinski definition) is 4. The van der Waals surface area contributed by atoms with Crippen molar-refractivity contribution in [2.45, 2.75) is 12.3 Å². The Balaban J connectivity index is 3.18. The van der Waals surface area contributed by atoms with Gasteiger partial charge in [0.25, 0.3) is 0 Å². The average Bonchev–Trinajstić information content (AvgIpc) is 2.27. The molecule has 0 bridgehead atoms. The highest BCUT2D eigenvalue weighted by Crippen LogP contribution is 2.27. The van der Waals surface area contributed by atoms with Gasteiger partial charge in [0.15, 0.2) is 11.1 Å². The molecular formula is C11H14O5S. The molecule has 0 aliphatic heterocycles. The lowest BCUT2D eigenvalue weighted by Crippen LogP contribution is -2.39. The molecule has 0 aliphatic rings. The fourth-order valence-electron chi connectivity index (χ4n) is 1.56. The average molecular weight is 258 g/mol. The SMILES string of the molecule is COC(=O)C(C)(CS(=O)O)c1ccc(O)cc1. The minimum absolute atomic E-state index is 0.0612. The molecule has 0 fully saturated rings. The molecule has 2 atom stereocenters. The number of aromatic hydroxyl groups is 1. The number of carbonyl (C=O) groups is 1. The maximum atomic E-state index is 11.7. The predicted molar refractivity (Wildman–Crippen MR) is 63.1 cm³/mol. The van der Waals surface area contributed by atoms with Crippen LogP contribution in [0, 0.1) is 0 Å². The van der Waals surface area contributed by atoms with Gasteiger partial charge in [-0.3, -0.25) is 4.79 Å². The molecule has 0 saturated carbocycles. The second-order valence-electron chi connectivity index (χ2n) is 3.84. The van der Waals surface area contributed by atoms with E-state index in [1.54, 1.807) is 0 Å². The van der Waals surface area contributed by atoms with Crippen molar-refractivity contribution in [1.29, 1.82) is 0 Å². The second-order valence-corrected chi connectivity index (χ2v) is 4.77. The highest BCUT2D eigenvalue weighted by Gasteiger charge is 2.38. The molecular weight excluding hydrogens is 244 g/mol. The van der Waals surface area contributed by atoms with E-state index in [-0.39, 0.29) is 11.5 Å². The molecule has 1 aromatic rings. The molecule has 1 rings (SSSR count). The quantitative estimate of drug-likeness (QED) is 0.623. The first-order valence-electron chi connectivity index (χ1n) is 4.85. The van der Waals surface area contributed by atoms with Crippen LogP contribution in [0.4, 0.5) is 0 Å². The molecule has 2 unspecified atom stereocenters. The van der Waals surface area contributed by atoms with Crippen LogP contribution >= 0.6 is 0 Å². The monoisotopic (exact) mass is 258 g/mol. The van der Waals surface area contributed by atoms with Crippen LogP contribution in [0.25, 0.3) is 0 Å². The summed E-state index contributed by atoms with van der Waals surface area (Å²) >= 11 is -2.13. The van der Waals surface area contributed by atoms with Crippen LogP contribution in [0.5, 0.6) is 5.75 Å². The van der Waals surface area contributed by atoms with Crippen LogP contribution in [0.2, 0.25) is 0 Å². The van der Waals surface area contributed by atoms with Crippen LogP contribution < -0.4 is 0 Å². The zero-order valence-electron chi connectivity index (χ0n) is 9.54. The fraction of sp³-hybridized carbons (Fsp3) is 0.364. The maximum absolute atomic E-state index is 11.7. The van der Waals surface area contributed by atoms with E-state index in [2.05, 4.69) is 4.74 Å². The molecule has 5 nitrogen and oxygen atoms in total. The van der Waals surface area contributed by atoms with E-state index in [9.17, 15) is 14.1 Å². The minimum atomic E-state index is -2.13. The van der Waals surface area contributed by atoms with Gasteiger partial charge in [0.2, 0.25) is 0 Å². The van der Waals surface area contributed by atoms with Crippen molar-refractivity contribution >= 4 is 17.0 Å². The van der Waals surface area contributed by atoms with Crippen LogP contribution in [0.15, 0.2) is 24.3 Å². The third-order valence-electron chi connectivity index (χ3n) is 2.55. The van der Waals surface area contributed by atoms with Crippen molar-refractivity contribution in [2.75, 3.05) is 12.9 Å². The highest BCUT2D eigenvalue weighted by molar-refractivity contribution is 7.79. The summed E-state index contributed by atoms with van der Waals surface area (Å²) in [5.41, 5.74) is -0.688. The molecule has 2 N–H and O–H groups in total. The smallest absolute Gasteiger partial charge is 0.317 e. The van der Waals surface area contributed by atoms with Crippen molar-refractivity contribution in [1.82, 2.24) is 0 Å². The van der Waals surface area contributed by atoms with Crippen molar-refractivity contribution in [3.63, 3.8) is 0 Å². The largest absolute Gasteiger partial charge is 0.508 e. The molecule has 0 spiro atoms. The van der Waals surface area contributed by atoms with E-state index < -0.39 is 22.5 Å². The summed E-state index contributed by atoms with van der Waals surface area (Å²) in [7, 11) is 1.22. The van der Waals surface area contributed by atoms with Crippen molar-refractivity contribution in [2.24, 2.45) is 0 Å². The Kier molecular flexibility index (Phi) is 4.25. The van der Waals surface area contributed by atoms with Gasteiger partial charge in [-0.05, 0) is 24.6 Å². The van der Waals surface area contributed by atoms with Gasteiger partial charge in [0.1, 0.15) is 11.2 Å². The fourth-order valence-corrected chi connectivity index (χ4v) is 2.34. The third-order valence-corrected chi connectivity index (χ3v) is 3.38. The van der Waals surface area contributed by atoms with E-state index in [0.717, 1.165) is 0 Å². The van der Waals surface area contributed by atoms with Crippen molar-refractivity contribution < 1.29 is 23.4 Å². The normalized spacial score (nSPS) is 15.9. The maximum Gasteiger partial charge on any atom is 0.317 e. The van der Waals surface area contributed by atoms with E-state index in [1.165, 1.54) is 38.3 Å². The van der Waals surface area contributed by atoms with Crippen molar-refractivity contribution in [3.05, 3.63) is 29.8 Å². The van der Waals surface area contributed by atoms with Crippen molar-refractivity contribution in [3.8, 4) is 5.75 Å². The lowest BCUT2D eigenvalue weighted by molar-refractivity contribution is -0.146. The Labute approximate surface area is 102 Å². The minimum Gasteiger partial charge on any atom is -0.508 e. The van der Waals surface area contributed by atoms with Gasteiger partial charge >= 0.3 is 5.97 Å². The van der Waals surface area contributed by atoms with Gasteiger partial charge in [-0.1, -0.05) is 12.1 Å². The number of benzene rings is 1. The molecule has 17 heavy (non-hydrogen) atoms. The number of phenols is 1. The summed E-state index contributed by atoms with van der Waals surface area (Å²) in [6.07, 6.45) is 0. The summed E-state index contributed by atoms with van der Waals surface area (Å²) in [6, 6.07) is 5.88. The topological polar surface area (TPSA) is 83.8 Å². The third kappa shape index (κ3) is 3.04. The van der Waals surface area contributed by atoms with Gasteiger partial charge in [-0.2, -0.15) is 0 Å². The van der Waals surface area contributed by atoms with Gasteiger partial charge < -0.3 is 14.4 Å². The Morgan fingerprint density at radius 1 is 1.41 bits per heavy atom. The number of phenolic OH excluding ortho intramolecular Hbond substituents is 1. The van der Waals surface area contributed by atoms with Gasteiger partial charge in [0.05, 0.1) is 12.9 Å². The number of rotatable bonds is 4. The van der Waals surface area contributed by atoms with Gasteiger partial charge in [0, 0.05) is 0 Å². The number of methoxy groups -OCH3 is 1. The van der Waals surface area contributed by atoms with E-state index in [0.29, 0.717) is 5.56 Å². The number of hydrogen-bond donors (Lipinski definition) is 2. The Morgan fingerprint density at radius 3 is 2.35 bits per heavy atom. The Morgan fingerprint density at radius 2 is 1.94 bits per heavy atom.